The summed E-state index contributed by atoms with van der Waals surface area (Å²) in [7, 11) is 4.17. The molecular weight excluding hydrogens is 282 g/mol. The van der Waals surface area contributed by atoms with E-state index in [0.29, 0.717) is 0 Å². The first-order valence-corrected chi connectivity index (χ1v) is 7.15. The van der Waals surface area contributed by atoms with Gasteiger partial charge in [0.25, 0.3) is 0 Å². The Bertz CT molecular complexity index is 514. The molecule has 2 nitrogen and oxygen atoms in total. The first-order chi connectivity index (χ1) is 9.75. The van der Waals surface area contributed by atoms with Gasteiger partial charge in [-0.1, -0.05) is 48.5 Å². The Kier molecular flexibility index (Phi) is 7.88. The molecule has 0 aliphatic rings. The maximum atomic E-state index is 5.93. The highest BCUT2D eigenvalue weighted by molar-refractivity contribution is 5.85. The average Bonchev–Trinajstić information content (AvgIpc) is 2.46. The fraction of sp³-hybridized carbons (Fsp3) is 0.333. The Labute approximate surface area is 134 Å². The number of benzene rings is 2. The molecule has 2 rings (SSSR count). The molecule has 0 fully saturated rings. The molecule has 21 heavy (non-hydrogen) atoms. The van der Waals surface area contributed by atoms with E-state index in [2.05, 4.69) is 61.5 Å². The summed E-state index contributed by atoms with van der Waals surface area (Å²) in [6.07, 6.45) is 1.97. The van der Waals surface area contributed by atoms with Gasteiger partial charge < -0.3 is 9.64 Å². The quantitative estimate of drug-likeness (QED) is 0.716. The minimum atomic E-state index is 0. The molecule has 3 heteroatoms. The van der Waals surface area contributed by atoms with Crippen molar-refractivity contribution < 1.29 is 4.74 Å². The van der Waals surface area contributed by atoms with Gasteiger partial charge in [0.15, 0.2) is 0 Å². The van der Waals surface area contributed by atoms with Gasteiger partial charge in [0.05, 0.1) is 6.61 Å². The second-order valence-electron chi connectivity index (χ2n) is 5.28. The molecular formula is C18H24ClNO. The maximum Gasteiger partial charge on any atom is 0.122 e. The zero-order chi connectivity index (χ0) is 14.2. The normalized spacial score (nSPS) is 10.2. The number of hydrogen-bond acceptors (Lipinski definition) is 2. The Morgan fingerprint density at radius 2 is 1.57 bits per heavy atom. The average molecular weight is 306 g/mol. The Morgan fingerprint density at radius 3 is 2.29 bits per heavy atom. The number of nitrogens with zero attached hydrogens (tertiary/aromatic N) is 1. The zero-order valence-corrected chi connectivity index (χ0v) is 13.6. The predicted octanol–water partition coefficient (Wildman–Crippen LogP) is 4.03. The van der Waals surface area contributed by atoms with Crippen molar-refractivity contribution in [2.24, 2.45) is 0 Å². The highest BCUT2D eigenvalue weighted by Crippen LogP contribution is 2.21. The van der Waals surface area contributed by atoms with Gasteiger partial charge >= 0.3 is 0 Å². The van der Waals surface area contributed by atoms with Crippen LogP contribution in [0.3, 0.4) is 0 Å². The van der Waals surface area contributed by atoms with Gasteiger partial charge in [0.1, 0.15) is 5.75 Å². The highest BCUT2D eigenvalue weighted by Gasteiger charge is 2.04. The van der Waals surface area contributed by atoms with Crippen molar-refractivity contribution in [2.45, 2.75) is 12.8 Å². The predicted molar refractivity (Wildman–Crippen MR) is 91.6 cm³/mol. The van der Waals surface area contributed by atoms with Gasteiger partial charge in [-0.25, -0.2) is 0 Å². The van der Waals surface area contributed by atoms with E-state index in [1.54, 1.807) is 0 Å². The summed E-state index contributed by atoms with van der Waals surface area (Å²) in [6.45, 7) is 1.82. The lowest BCUT2D eigenvalue weighted by atomic mass is 10.0. The molecule has 0 aliphatic carbocycles. The van der Waals surface area contributed by atoms with E-state index < -0.39 is 0 Å². The molecule has 0 radical (unpaired) electrons. The number of para-hydroxylation sites is 1. The SMILES string of the molecule is CN(C)CCCOc1ccccc1Cc1ccccc1.Cl. The first kappa shape index (κ1) is 17.5. The van der Waals surface area contributed by atoms with E-state index in [9.17, 15) is 0 Å². The summed E-state index contributed by atoms with van der Waals surface area (Å²) in [5.41, 5.74) is 2.57. The van der Waals surface area contributed by atoms with Gasteiger partial charge in [0, 0.05) is 13.0 Å². The van der Waals surface area contributed by atoms with E-state index in [-0.39, 0.29) is 12.4 Å². The van der Waals surface area contributed by atoms with Crippen molar-refractivity contribution in [3.8, 4) is 5.75 Å². The molecule has 114 valence electrons. The van der Waals surface area contributed by atoms with Gasteiger partial charge in [-0.3, -0.25) is 0 Å². The standard InChI is InChI=1S/C18H23NO.ClH/c1-19(2)13-8-14-20-18-12-7-6-11-17(18)15-16-9-4-3-5-10-16;/h3-7,9-12H,8,13-15H2,1-2H3;1H. The van der Waals surface area contributed by atoms with Gasteiger partial charge in [-0.05, 0) is 37.7 Å². The highest BCUT2D eigenvalue weighted by atomic mass is 35.5. The minimum Gasteiger partial charge on any atom is -0.493 e. The minimum absolute atomic E-state index is 0. The van der Waals surface area contributed by atoms with E-state index in [1.807, 2.05) is 12.1 Å². The summed E-state index contributed by atoms with van der Waals surface area (Å²) in [5.74, 6) is 1.01. The van der Waals surface area contributed by atoms with Crippen molar-refractivity contribution in [1.82, 2.24) is 4.90 Å². The molecule has 0 heterocycles. The molecule has 0 saturated heterocycles. The first-order valence-electron chi connectivity index (χ1n) is 7.15. The van der Waals surface area contributed by atoms with Crippen molar-refractivity contribution in [3.63, 3.8) is 0 Å². The van der Waals surface area contributed by atoms with E-state index >= 15 is 0 Å². The van der Waals surface area contributed by atoms with Crippen LogP contribution in [-0.2, 0) is 6.42 Å². The third-order valence-corrected chi connectivity index (χ3v) is 3.22. The largest absolute Gasteiger partial charge is 0.493 e. The molecule has 0 bridgehead atoms. The summed E-state index contributed by atoms with van der Waals surface area (Å²) in [6, 6.07) is 18.8. The van der Waals surface area contributed by atoms with E-state index in [4.69, 9.17) is 4.74 Å². The van der Waals surface area contributed by atoms with Crippen LogP contribution in [0.5, 0.6) is 5.75 Å². The van der Waals surface area contributed by atoms with Crippen LogP contribution in [0.1, 0.15) is 17.5 Å². The van der Waals surface area contributed by atoms with E-state index in [1.165, 1.54) is 11.1 Å². The van der Waals surface area contributed by atoms with Crippen LogP contribution in [0.2, 0.25) is 0 Å². The smallest absolute Gasteiger partial charge is 0.122 e. The van der Waals surface area contributed by atoms with Crippen LogP contribution in [0.4, 0.5) is 0 Å². The topological polar surface area (TPSA) is 12.5 Å². The number of rotatable bonds is 7. The number of ether oxygens (including phenoxy) is 1. The van der Waals surface area contributed by atoms with Crippen LogP contribution in [0, 0.1) is 0 Å². The lowest BCUT2D eigenvalue weighted by Gasteiger charge is -2.13. The number of halogens is 1. The summed E-state index contributed by atoms with van der Waals surface area (Å²) in [5, 5.41) is 0. The third kappa shape index (κ3) is 6.19. The zero-order valence-electron chi connectivity index (χ0n) is 12.8. The van der Waals surface area contributed by atoms with Crippen molar-refractivity contribution in [2.75, 3.05) is 27.2 Å². The molecule has 0 aliphatic heterocycles. The Balaban J connectivity index is 0.00000220. The molecule has 0 aromatic heterocycles. The lowest BCUT2D eigenvalue weighted by Crippen LogP contribution is -2.15. The second kappa shape index (κ2) is 9.43. The fourth-order valence-corrected chi connectivity index (χ4v) is 2.17. The molecule has 0 spiro atoms. The maximum absolute atomic E-state index is 5.93. The van der Waals surface area contributed by atoms with Crippen molar-refractivity contribution >= 4 is 12.4 Å². The van der Waals surface area contributed by atoms with Crippen LogP contribution < -0.4 is 4.74 Å². The van der Waals surface area contributed by atoms with Crippen molar-refractivity contribution in [3.05, 3.63) is 65.7 Å². The molecule has 0 amide bonds. The van der Waals surface area contributed by atoms with Crippen LogP contribution >= 0.6 is 12.4 Å². The van der Waals surface area contributed by atoms with Gasteiger partial charge in [0.2, 0.25) is 0 Å². The molecule has 0 atom stereocenters. The second-order valence-corrected chi connectivity index (χ2v) is 5.28. The van der Waals surface area contributed by atoms with Crippen LogP contribution in [0.15, 0.2) is 54.6 Å². The van der Waals surface area contributed by atoms with Crippen molar-refractivity contribution in [1.29, 1.82) is 0 Å². The molecule has 2 aromatic rings. The molecule has 0 unspecified atom stereocenters. The monoisotopic (exact) mass is 305 g/mol. The summed E-state index contributed by atoms with van der Waals surface area (Å²) >= 11 is 0. The summed E-state index contributed by atoms with van der Waals surface area (Å²) in [4.78, 5) is 2.18. The molecule has 0 saturated carbocycles. The van der Waals surface area contributed by atoms with Gasteiger partial charge in [-0.2, -0.15) is 0 Å². The molecule has 0 N–H and O–H groups in total. The van der Waals surface area contributed by atoms with Gasteiger partial charge in [-0.15, -0.1) is 12.4 Å². The Hall–Kier alpha value is -1.51. The Morgan fingerprint density at radius 1 is 0.905 bits per heavy atom. The van der Waals surface area contributed by atoms with Crippen LogP contribution in [-0.4, -0.2) is 32.1 Å². The fourth-order valence-electron chi connectivity index (χ4n) is 2.17. The molecule has 2 aromatic carbocycles. The van der Waals surface area contributed by atoms with Crippen LogP contribution in [0.25, 0.3) is 0 Å². The van der Waals surface area contributed by atoms with E-state index in [0.717, 1.165) is 31.7 Å². The number of hydrogen-bond donors (Lipinski definition) is 0. The summed E-state index contributed by atoms with van der Waals surface area (Å²) < 4.78 is 5.93. The third-order valence-electron chi connectivity index (χ3n) is 3.22. The lowest BCUT2D eigenvalue weighted by molar-refractivity contribution is 0.280.